The first-order valence-corrected chi connectivity index (χ1v) is 7.16. The first-order chi connectivity index (χ1) is 8.96. The fourth-order valence-corrected chi connectivity index (χ4v) is 2.36. The monoisotopic (exact) mass is 274 g/mol. The number of hydrogen-bond donors (Lipinski definition) is 1. The molecule has 0 aromatic heterocycles. The summed E-state index contributed by atoms with van der Waals surface area (Å²) in [7, 11) is 0. The molecule has 5 heteroatoms. The second kappa shape index (κ2) is 7.22. The molecule has 0 amide bonds. The minimum absolute atomic E-state index is 0.128. The molecule has 0 saturated carbocycles. The van der Waals surface area contributed by atoms with E-state index in [0.29, 0.717) is 19.4 Å². The lowest BCUT2D eigenvalue weighted by Gasteiger charge is -2.44. The van der Waals surface area contributed by atoms with Crippen LogP contribution in [-0.4, -0.2) is 35.5 Å². The van der Waals surface area contributed by atoms with E-state index in [1.165, 1.54) is 0 Å². The van der Waals surface area contributed by atoms with Crippen molar-refractivity contribution in [2.75, 3.05) is 6.61 Å². The maximum atomic E-state index is 12.2. The Balaban J connectivity index is 2.47. The molecule has 1 rings (SSSR count). The molecule has 1 fully saturated rings. The minimum atomic E-state index is -0.930. The molecule has 112 valence electrons. The van der Waals surface area contributed by atoms with Gasteiger partial charge in [0.2, 0.25) is 5.60 Å². The Morgan fingerprint density at radius 3 is 2.53 bits per heavy atom. The van der Waals surface area contributed by atoms with E-state index in [1.807, 2.05) is 20.8 Å². The molecular formula is C14H26O5. The van der Waals surface area contributed by atoms with Crippen LogP contribution >= 0.6 is 0 Å². The SMILES string of the molecule is CCCC1OOC1(CC)C(=O)OCC(C)CC(C)O. The van der Waals surface area contributed by atoms with Crippen LogP contribution in [0.1, 0.15) is 53.4 Å². The van der Waals surface area contributed by atoms with Gasteiger partial charge in [-0.05, 0) is 32.1 Å². The minimum Gasteiger partial charge on any atom is -0.463 e. The molecule has 0 radical (unpaired) electrons. The molecule has 4 unspecified atom stereocenters. The van der Waals surface area contributed by atoms with Crippen LogP contribution in [-0.2, 0) is 19.3 Å². The van der Waals surface area contributed by atoms with Crippen molar-refractivity contribution >= 4 is 5.97 Å². The number of ether oxygens (including phenoxy) is 1. The van der Waals surface area contributed by atoms with Crippen molar-refractivity contribution in [1.29, 1.82) is 0 Å². The summed E-state index contributed by atoms with van der Waals surface area (Å²) in [5, 5.41) is 9.28. The molecule has 0 aromatic carbocycles. The van der Waals surface area contributed by atoms with E-state index in [2.05, 4.69) is 0 Å². The predicted molar refractivity (Wildman–Crippen MR) is 70.3 cm³/mol. The van der Waals surface area contributed by atoms with Crippen molar-refractivity contribution < 1.29 is 24.4 Å². The first-order valence-electron chi connectivity index (χ1n) is 7.16. The zero-order valence-corrected chi connectivity index (χ0v) is 12.3. The Bertz CT molecular complexity index is 288. The number of carbonyl (C=O) groups is 1. The number of esters is 1. The van der Waals surface area contributed by atoms with Gasteiger partial charge in [-0.2, -0.15) is 0 Å². The summed E-state index contributed by atoms with van der Waals surface area (Å²) >= 11 is 0. The molecule has 1 heterocycles. The molecule has 0 bridgehead atoms. The molecular weight excluding hydrogens is 248 g/mol. The quantitative estimate of drug-likeness (QED) is 0.543. The smallest absolute Gasteiger partial charge is 0.344 e. The fraction of sp³-hybridized carbons (Fsp3) is 0.929. The number of rotatable bonds is 8. The van der Waals surface area contributed by atoms with Crippen LogP contribution in [0.2, 0.25) is 0 Å². The standard InChI is InChI=1S/C14H26O5/c1-5-7-12-14(6-2,19-18-12)13(16)17-9-10(3)8-11(4)15/h10-12,15H,5-9H2,1-4H3. The lowest BCUT2D eigenvalue weighted by atomic mass is 9.89. The highest BCUT2D eigenvalue weighted by Crippen LogP contribution is 2.37. The van der Waals surface area contributed by atoms with Crippen LogP contribution < -0.4 is 0 Å². The lowest BCUT2D eigenvalue weighted by Crippen LogP contribution is -2.61. The summed E-state index contributed by atoms with van der Waals surface area (Å²) in [6.07, 6.45) is 2.28. The highest BCUT2D eigenvalue weighted by molar-refractivity contribution is 5.81. The summed E-state index contributed by atoms with van der Waals surface area (Å²) < 4.78 is 5.32. The van der Waals surface area contributed by atoms with Gasteiger partial charge in [-0.15, -0.1) is 0 Å². The van der Waals surface area contributed by atoms with Crippen LogP contribution in [0.25, 0.3) is 0 Å². The van der Waals surface area contributed by atoms with Gasteiger partial charge in [-0.25, -0.2) is 14.6 Å². The fourth-order valence-electron chi connectivity index (χ4n) is 2.36. The molecule has 0 spiro atoms. The van der Waals surface area contributed by atoms with Crippen LogP contribution in [0.5, 0.6) is 0 Å². The molecule has 1 saturated heterocycles. The zero-order chi connectivity index (χ0) is 14.5. The lowest BCUT2D eigenvalue weighted by molar-refractivity contribution is -0.498. The number of aliphatic hydroxyl groups excluding tert-OH is 1. The van der Waals surface area contributed by atoms with E-state index in [9.17, 15) is 9.90 Å². The normalized spacial score (nSPS) is 29.4. The van der Waals surface area contributed by atoms with Gasteiger partial charge in [0.15, 0.2) is 0 Å². The van der Waals surface area contributed by atoms with Crippen molar-refractivity contribution in [2.45, 2.75) is 71.2 Å². The summed E-state index contributed by atoms with van der Waals surface area (Å²) in [6, 6.07) is 0. The van der Waals surface area contributed by atoms with Gasteiger partial charge < -0.3 is 9.84 Å². The predicted octanol–water partition coefficient (Wildman–Crippen LogP) is 2.22. The van der Waals surface area contributed by atoms with Crippen LogP contribution in [0, 0.1) is 5.92 Å². The van der Waals surface area contributed by atoms with E-state index < -0.39 is 5.60 Å². The van der Waals surface area contributed by atoms with Gasteiger partial charge in [0.25, 0.3) is 0 Å². The molecule has 0 aromatic rings. The highest BCUT2D eigenvalue weighted by atomic mass is 17.3. The maximum Gasteiger partial charge on any atom is 0.344 e. The van der Waals surface area contributed by atoms with E-state index in [1.54, 1.807) is 6.92 Å². The van der Waals surface area contributed by atoms with Crippen molar-refractivity contribution in [2.24, 2.45) is 5.92 Å². The third-order valence-corrected chi connectivity index (χ3v) is 3.50. The van der Waals surface area contributed by atoms with Crippen molar-refractivity contribution in [1.82, 2.24) is 0 Å². The Morgan fingerprint density at radius 1 is 1.42 bits per heavy atom. The molecule has 0 aliphatic carbocycles. The average molecular weight is 274 g/mol. The van der Waals surface area contributed by atoms with Gasteiger partial charge in [-0.3, -0.25) is 0 Å². The Kier molecular flexibility index (Phi) is 6.23. The topological polar surface area (TPSA) is 65.0 Å². The summed E-state index contributed by atoms with van der Waals surface area (Å²) in [6.45, 7) is 7.91. The third kappa shape index (κ3) is 3.91. The van der Waals surface area contributed by atoms with Crippen LogP contribution in [0.15, 0.2) is 0 Å². The Hall–Kier alpha value is -0.650. The summed E-state index contributed by atoms with van der Waals surface area (Å²) in [4.78, 5) is 22.3. The molecule has 4 atom stereocenters. The van der Waals surface area contributed by atoms with Gasteiger partial charge in [-0.1, -0.05) is 27.2 Å². The largest absolute Gasteiger partial charge is 0.463 e. The zero-order valence-electron chi connectivity index (χ0n) is 12.3. The van der Waals surface area contributed by atoms with E-state index in [4.69, 9.17) is 14.5 Å². The van der Waals surface area contributed by atoms with Crippen molar-refractivity contribution in [3.05, 3.63) is 0 Å². The molecule has 1 N–H and O–H groups in total. The Morgan fingerprint density at radius 2 is 2.11 bits per heavy atom. The highest BCUT2D eigenvalue weighted by Gasteiger charge is 2.57. The van der Waals surface area contributed by atoms with Gasteiger partial charge >= 0.3 is 5.97 Å². The molecule has 5 nitrogen and oxygen atoms in total. The van der Waals surface area contributed by atoms with E-state index >= 15 is 0 Å². The second-order valence-corrected chi connectivity index (χ2v) is 5.49. The third-order valence-electron chi connectivity index (χ3n) is 3.50. The molecule has 1 aliphatic rings. The number of carbonyl (C=O) groups excluding carboxylic acids is 1. The average Bonchev–Trinajstić information content (AvgIpc) is 2.32. The second-order valence-electron chi connectivity index (χ2n) is 5.49. The van der Waals surface area contributed by atoms with Gasteiger partial charge in [0, 0.05) is 0 Å². The number of aliphatic hydroxyl groups is 1. The number of hydrogen-bond acceptors (Lipinski definition) is 5. The molecule has 1 aliphatic heterocycles. The van der Waals surface area contributed by atoms with Crippen LogP contribution in [0.3, 0.4) is 0 Å². The van der Waals surface area contributed by atoms with Crippen molar-refractivity contribution in [3.63, 3.8) is 0 Å². The summed E-state index contributed by atoms with van der Waals surface area (Å²) in [5.41, 5.74) is -0.930. The van der Waals surface area contributed by atoms with E-state index in [-0.39, 0.29) is 24.1 Å². The van der Waals surface area contributed by atoms with Gasteiger partial charge in [0.05, 0.1) is 12.7 Å². The Labute approximate surface area is 115 Å². The summed E-state index contributed by atoms with van der Waals surface area (Å²) in [5.74, 6) is -0.222. The van der Waals surface area contributed by atoms with Crippen LogP contribution in [0.4, 0.5) is 0 Å². The van der Waals surface area contributed by atoms with E-state index in [0.717, 1.165) is 12.8 Å². The first kappa shape index (κ1) is 16.4. The maximum absolute atomic E-state index is 12.2. The van der Waals surface area contributed by atoms with Gasteiger partial charge in [0.1, 0.15) is 6.10 Å². The molecule has 19 heavy (non-hydrogen) atoms. The van der Waals surface area contributed by atoms with Crippen molar-refractivity contribution in [3.8, 4) is 0 Å².